The quantitative estimate of drug-likeness (QED) is 0.232. The summed E-state index contributed by atoms with van der Waals surface area (Å²) in [6, 6.07) is 0. The summed E-state index contributed by atoms with van der Waals surface area (Å²) in [5.41, 5.74) is 0. The molecule has 0 aliphatic carbocycles. The summed E-state index contributed by atoms with van der Waals surface area (Å²) in [5.74, 6) is -0.926. The van der Waals surface area contributed by atoms with Crippen LogP contribution in [0.5, 0.6) is 0 Å². The first-order valence-corrected chi connectivity index (χ1v) is 15.5. The summed E-state index contributed by atoms with van der Waals surface area (Å²) in [6.07, 6.45) is 1.33. The van der Waals surface area contributed by atoms with E-state index in [1.54, 1.807) is 32.4 Å². The first-order chi connectivity index (χ1) is 5.18. The Balaban J connectivity index is -0.00000000254. The van der Waals surface area contributed by atoms with Crippen molar-refractivity contribution in [3.63, 3.8) is 0 Å². The van der Waals surface area contributed by atoms with Gasteiger partial charge in [-0.15, -0.1) is 0 Å². The Bertz CT molecular complexity index is 159. The molecule has 0 saturated carbocycles. The molecule has 0 heterocycles. The summed E-state index contributed by atoms with van der Waals surface area (Å²) in [7, 11) is 0. The van der Waals surface area contributed by atoms with Crippen LogP contribution in [0.25, 0.3) is 9.32 Å². The number of hydrogen-bond donors (Lipinski definition) is 1. The summed E-state index contributed by atoms with van der Waals surface area (Å²) in [6.45, 7) is 0. The van der Waals surface area contributed by atoms with Crippen LogP contribution in [-0.4, -0.2) is 21.2 Å². The average Bonchev–Trinajstić information content (AvgIpc) is 2.10. The average molecular weight is 3220 g/mol. The van der Waals surface area contributed by atoms with Crippen molar-refractivity contribution < 1.29 is 355 Å². The summed E-state index contributed by atoms with van der Waals surface area (Å²) >= 11 is 4.62. The molecule has 0 fully saturated rings. The molecule has 4 nitrogen and oxygen atoms in total. The van der Waals surface area contributed by atoms with Gasteiger partial charge in [0.15, 0.2) is 0 Å². The van der Waals surface area contributed by atoms with Gasteiger partial charge < -0.3 is 0 Å². The summed E-state index contributed by atoms with van der Waals surface area (Å²) in [4.78, 5) is 9.46. The van der Waals surface area contributed by atoms with E-state index in [1.165, 1.54) is 6.29 Å². The SMILES string of the molecule is [N-]=C(O)[C](=[W])[C-]=O.[N-]=[W].[W].[W].[W].[W].[W].[W].[W].[W].[W].[W].[W].[W].[W].[W]=[W]. The van der Waals surface area contributed by atoms with Crippen molar-refractivity contribution in [2.75, 3.05) is 0 Å². The van der Waals surface area contributed by atoms with Crippen molar-refractivity contribution in [1.82, 2.24) is 0 Å². The van der Waals surface area contributed by atoms with Crippen molar-refractivity contribution in [3.05, 3.63) is 9.32 Å². The third-order valence-electron chi connectivity index (χ3n) is 0.296. The predicted molar refractivity (Wildman–Crippen MR) is 25.1 cm³/mol. The molecule has 0 aromatic heterocycles. The van der Waals surface area contributed by atoms with Gasteiger partial charge in [-0.25, -0.2) is 0 Å². The Morgan fingerprint density at radius 3 is 0.792 bits per heavy atom. The molecule has 1 N–H and O–H groups in total. The number of rotatable bonds is 2. The zero-order valence-electron chi connectivity index (χ0n) is 10.2. The molecule has 0 radical (unpaired) electrons. The maximum atomic E-state index is 9.46. The standard InChI is InChI=1S/C3HNO2.N.17W/c4-3(6)1-2-5;;;;;;;;;;;;;;;;;;/h(H-,4,6);;;;;;;;;;;;;;;;;;/q-2;-1;;;;;;;;;;;;;;;;;. The van der Waals surface area contributed by atoms with E-state index in [0.29, 0.717) is 39.0 Å². The van der Waals surface area contributed by atoms with Gasteiger partial charge in [0.05, 0.1) is 0 Å². The molecule has 21 heteroatoms. The molecule has 0 aromatic rings. The monoisotopic (exact) mass is 3220 g/mol. The van der Waals surface area contributed by atoms with Crippen LogP contribution in [-0.2, 0) is 350 Å². The maximum absolute atomic E-state index is 9.46. The fourth-order valence-corrected chi connectivity index (χ4v) is 0.0456. The van der Waals surface area contributed by atoms with Crippen molar-refractivity contribution in [1.29, 1.82) is 0 Å². The van der Waals surface area contributed by atoms with Gasteiger partial charge in [-0.3, -0.25) is 0 Å². The molecule has 0 saturated heterocycles. The number of nitrogens with zero attached hydrogens (tertiary/aromatic N) is 2. The van der Waals surface area contributed by atoms with Crippen molar-refractivity contribution in [2.45, 2.75) is 0 Å². The van der Waals surface area contributed by atoms with E-state index in [1.807, 2.05) is 0 Å². The first-order valence-electron chi connectivity index (χ1n) is 1.70. The van der Waals surface area contributed by atoms with Crippen LogP contribution in [0.4, 0.5) is 0 Å². The zero-order valence-corrected chi connectivity index (χ0v) is 60.1. The second kappa shape index (κ2) is 116. The second-order valence-electron chi connectivity index (χ2n) is 0.755. The van der Waals surface area contributed by atoms with Gasteiger partial charge in [-0.05, 0) is 0 Å². The number of aliphatic hydroxyl groups is 1. The Hall–Kier alpha value is 10.5. The molecule has 24 heavy (non-hydrogen) atoms. The first kappa shape index (κ1) is 113. The minimum atomic E-state index is -0.926. The van der Waals surface area contributed by atoms with Gasteiger partial charge in [0.2, 0.25) is 0 Å². The van der Waals surface area contributed by atoms with Crippen LogP contribution in [0.3, 0.4) is 0 Å². The molecule has 0 rings (SSSR count). The van der Waals surface area contributed by atoms with Crippen LogP contribution >= 0.6 is 0 Å². The molecular weight excluding hydrogens is 3220 g/mol. The molecule has 140 valence electrons. The van der Waals surface area contributed by atoms with E-state index < -0.39 is 5.90 Å². The van der Waals surface area contributed by atoms with Crippen molar-refractivity contribution in [3.8, 4) is 0 Å². The zero-order chi connectivity index (χ0) is 9.86. The van der Waals surface area contributed by atoms with E-state index >= 15 is 0 Å². The fraction of sp³-hybridized carbons (Fsp3) is 0. The number of carbonyl (C=O) groups excluding carboxylic acids is 1. The van der Waals surface area contributed by atoms with Crippen molar-refractivity contribution in [2.24, 2.45) is 0 Å². The Morgan fingerprint density at radius 1 is 0.667 bits per heavy atom. The van der Waals surface area contributed by atoms with Crippen LogP contribution in [0.15, 0.2) is 0 Å². The Kier molecular flexibility index (Phi) is 544. The molecule has 0 amide bonds. The van der Waals surface area contributed by atoms with Crippen molar-refractivity contribution >= 4 is 16.1 Å². The Labute approximate surface area is 370 Å². The third-order valence-corrected chi connectivity index (χ3v) is 1.25. The van der Waals surface area contributed by atoms with Crippen LogP contribution in [0.2, 0.25) is 0 Å². The number of hydrogen-bond acceptors (Lipinski definition) is 1. The van der Waals surface area contributed by atoms with Gasteiger partial charge in [0.25, 0.3) is 0 Å². The molecule has 0 spiro atoms. The predicted octanol–water partition coefficient (Wildman–Crippen LogP) is -0.410. The number of aliphatic hydroxyl groups excluding tert-OH is 1. The van der Waals surface area contributed by atoms with E-state index in [-0.39, 0.29) is 278 Å². The van der Waals surface area contributed by atoms with E-state index in [0.717, 1.165) is 0 Å². The van der Waals surface area contributed by atoms with Crippen LogP contribution in [0, 0.1) is 0 Å². The molecule has 0 aliphatic rings. The molecule has 0 aliphatic heterocycles. The van der Waals surface area contributed by atoms with Gasteiger partial charge >= 0.3 is 107 Å². The molecule has 0 unspecified atom stereocenters. The second-order valence-corrected chi connectivity index (χ2v) is 2.22. The summed E-state index contributed by atoms with van der Waals surface area (Å²) < 4.78 is 6.99. The third kappa shape index (κ3) is 118. The molecule has 0 aromatic carbocycles. The normalized spacial score (nSPS) is 2.50. The summed E-state index contributed by atoms with van der Waals surface area (Å²) in [5, 5.41) is 16.0. The van der Waals surface area contributed by atoms with Gasteiger partial charge in [-0.2, -0.15) is 0 Å². The van der Waals surface area contributed by atoms with Crippen LogP contribution < -0.4 is 0 Å². The topological polar surface area (TPSA) is 81.9 Å². The minimum absolute atomic E-state index is 0. The fourth-order valence-electron chi connectivity index (χ4n) is 0.0456. The van der Waals surface area contributed by atoms with Gasteiger partial charge in [-0.1, -0.05) is 0 Å². The van der Waals surface area contributed by atoms with Crippen LogP contribution in [0.1, 0.15) is 0 Å². The molecule has 0 atom stereocenters. The van der Waals surface area contributed by atoms with E-state index in [4.69, 9.17) is 14.4 Å². The van der Waals surface area contributed by atoms with Gasteiger partial charge in [0.1, 0.15) is 0 Å². The van der Waals surface area contributed by atoms with E-state index in [9.17, 15) is 4.79 Å². The molecule has 0 bridgehead atoms. The molecular formula is C3HN2O2W17-3. The Morgan fingerprint density at radius 2 is 0.792 bits per heavy atom. The van der Waals surface area contributed by atoms with Gasteiger partial charge in [0, 0.05) is 274 Å². The van der Waals surface area contributed by atoms with E-state index in [2.05, 4.69) is 0 Å².